The summed E-state index contributed by atoms with van der Waals surface area (Å²) in [6.45, 7) is 3.02. The summed E-state index contributed by atoms with van der Waals surface area (Å²) < 4.78 is 43.3. The van der Waals surface area contributed by atoms with Crippen molar-refractivity contribution in [3.63, 3.8) is 0 Å². The van der Waals surface area contributed by atoms with E-state index in [0.717, 1.165) is 4.90 Å². The van der Waals surface area contributed by atoms with Gasteiger partial charge in [0.1, 0.15) is 12.7 Å². The zero-order chi connectivity index (χ0) is 22.8. The predicted octanol–water partition coefficient (Wildman–Crippen LogP) is 3.84. The van der Waals surface area contributed by atoms with Gasteiger partial charge in [0.15, 0.2) is 5.82 Å². The topological polar surface area (TPSA) is 124 Å². The Labute approximate surface area is 176 Å². The number of anilines is 1. The fraction of sp³-hybridized carbons (Fsp3) is 0.579. The molecule has 2 aromatic heterocycles. The van der Waals surface area contributed by atoms with Crippen LogP contribution >= 0.6 is 0 Å². The molecule has 3 atom stereocenters. The molecule has 0 bridgehead atoms. The van der Waals surface area contributed by atoms with E-state index in [1.165, 1.54) is 13.2 Å². The maximum atomic E-state index is 12.7. The van der Waals surface area contributed by atoms with Crippen molar-refractivity contribution in [2.45, 2.75) is 70.1 Å². The van der Waals surface area contributed by atoms with Crippen LogP contribution in [-0.2, 0) is 11.2 Å². The average molecular weight is 443 g/mol. The first-order valence-electron chi connectivity index (χ1n) is 9.86. The van der Waals surface area contributed by atoms with E-state index >= 15 is 0 Å². The molecule has 1 saturated carbocycles. The molecule has 170 valence electrons. The lowest BCUT2D eigenvalue weighted by molar-refractivity contribution is -0.145. The molecule has 12 heteroatoms. The second-order valence-electron chi connectivity index (χ2n) is 7.84. The molecular weight excluding hydrogens is 419 g/mol. The van der Waals surface area contributed by atoms with Crippen molar-refractivity contribution in [1.82, 2.24) is 20.1 Å². The van der Waals surface area contributed by atoms with Gasteiger partial charge >= 0.3 is 12.3 Å². The Hall–Kier alpha value is -3.05. The lowest BCUT2D eigenvalue weighted by Gasteiger charge is -2.32. The number of H-pyrrole nitrogens is 1. The molecule has 1 aliphatic rings. The van der Waals surface area contributed by atoms with Crippen LogP contribution in [-0.4, -0.2) is 55.4 Å². The largest absolute Gasteiger partial charge is 0.465 e. The highest BCUT2D eigenvalue weighted by Gasteiger charge is 2.40. The SMILES string of the molecule is Cc1coc(CC(=O)Nc2cc(C3CCC(N(C(=O)O)[C@H](C)CC(F)(F)F)C3)[nH]n2)n1. The van der Waals surface area contributed by atoms with Crippen molar-refractivity contribution >= 4 is 17.8 Å². The van der Waals surface area contributed by atoms with Crippen molar-refractivity contribution in [2.24, 2.45) is 0 Å². The normalized spacial score (nSPS) is 19.9. The molecule has 9 nitrogen and oxygen atoms in total. The molecule has 2 aromatic rings. The molecule has 0 aromatic carbocycles. The van der Waals surface area contributed by atoms with Gasteiger partial charge in [-0.3, -0.25) is 9.89 Å². The van der Waals surface area contributed by atoms with Crippen molar-refractivity contribution in [2.75, 3.05) is 5.32 Å². The van der Waals surface area contributed by atoms with Crippen LogP contribution in [0.3, 0.4) is 0 Å². The monoisotopic (exact) mass is 443 g/mol. The highest BCUT2D eigenvalue weighted by molar-refractivity contribution is 5.90. The Balaban J connectivity index is 1.59. The van der Waals surface area contributed by atoms with Gasteiger partial charge in [-0.2, -0.15) is 18.3 Å². The minimum Gasteiger partial charge on any atom is -0.465 e. The van der Waals surface area contributed by atoms with Gasteiger partial charge in [-0.15, -0.1) is 0 Å². The third-order valence-electron chi connectivity index (χ3n) is 5.30. The first-order chi connectivity index (χ1) is 14.5. The third-order valence-corrected chi connectivity index (χ3v) is 5.30. The van der Waals surface area contributed by atoms with E-state index in [1.54, 1.807) is 13.0 Å². The fourth-order valence-corrected chi connectivity index (χ4v) is 4.05. The maximum Gasteiger partial charge on any atom is 0.407 e. The van der Waals surface area contributed by atoms with E-state index in [9.17, 15) is 27.9 Å². The standard InChI is InChI=1S/C19H24F3N5O4/c1-10-9-31-17(23-10)7-16(28)24-15-6-14(25-26-15)12-3-4-13(5-12)27(18(29)30)11(2)8-19(20,21)22/h6,9,11-13H,3-5,7-8H2,1-2H3,(H,29,30)(H2,24,25,26,28)/t11-,12?,13?/m1/s1. The molecule has 0 spiro atoms. The zero-order valence-corrected chi connectivity index (χ0v) is 17.1. The van der Waals surface area contributed by atoms with Crippen LogP contribution in [0.15, 0.2) is 16.7 Å². The molecule has 2 unspecified atom stereocenters. The Morgan fingerprint density at radius 3 is 2.77 bits per heavy atom. The van der Waals surface area contributed by atoms with Gasteiger partial charge in [0.05, 0.1) is 12.1 Å². The number of nitrogens with one attached hydrogen (secondary N) is 2. The number of carbonyl (C=O) groups is 2. The highest BCUT2D eigenvalue weighted by atomic mass is 19.4. The van der Waals surface area contributed by atoms with E-state index in [0.29, 0.717) is 36.5 Å². The summed E-state index contributed by atoms with van der Waals surface area (Å²) >= 11 is 0. The van der Waals surface area contributed by atoms with Crippen LogP contribution < -0.4 is 5.32 Å². The molecule has 0 aliphatic heterocycles. The minimum absolute atomic E-state index is 0.0494. The van der Waals surface area contributed by atoms with Gasteiger partial charge in [-0.25, -0.2) is 9.78 Å². The van der Waals surface area contributed by atoms with E-state index in [2.05, 4.69) is 20.5 Å². The van der Waals surface area contributed by atoms with E-state index < -0.39 is 30.8 Å². The number of alkyl halides is 3. The Kier molecular flexibility index (Phi) is 6.56. The van der Waals surface area contributed by atoms with Gasteiger partial charge in [0.25, 0.3) is 0 Å². The second-order valence-corrected chi connectivity index (χ2v) is 7.84. The second kappa shape index (κ2) is 8.98. The van der Waals surface area contributed by atoms with Gasteiger partial charge < -0.3 is 19.7 Å². The molecule has 2 amide bonds. The first-order valence-corrected chi connectivity index (χ1v) is 9.86. The summed E-state index contributed by atoms with van der Waals surface area (Å²) in [5.41, 5.74) is 1.36. The first kappa shape index (κ1) is 22.6. The molecule has 1 fully saturated rings. The molecule has 0 saturated heterocycles. The molecule has 31 heavy (non-hydrogen) atoms. The lowest BCUT2D eigenvalue weighted by Crippen LogP contribution is -2.46. The number of nitrogens with zero attached hydrogens (tertiary/aromatic N) is 3. The molecule has 2 heterocycles. The van der Waals surface area contributed by atoms with Crippen LogP contribution in [0.2, 0.25) is 0 Å². The lowest BCUT2D eigenvalue weighted by atomic mass is 10.0. The van der Waals surface area contributed by atoms with Crippen molar-refractivity contribution in [1.29, 1.82) is 0 Å². The van der Waals surface area contributed by atoms with Gasteiger partial charge in [-0.1, -0.05) is 0 Å². The Bertz CT molecular complexity index is 926. The maximum absolute atomic E-state index is 12.7. The minimum atomic E-state index is -4.44. The molecule has 1 aliphatic carbocycles. The molecular formula is C19H24F3N5O4. The number of aromatic amines is 1. The number of hydrogen-bond donors (Lipinski definition) is 3. The number of aryl methyl sites for hydroxylation is 1. The van der Waals surface area contributed by atoms with E-state index in [4.69, 9.17) is 4.42 Å². The number of amides is 2. The number of carboxylic acid groups (broad SMARTS) is 1. The average Bonchev–Trinajstić information content (AvgIpc) is 3.35. The number of hydrogen-bond acceptors (Lipinski definition) is 5. The quantitative estimate of drug-likeness (QED) is 0.597. The summed E-state index contributed by atoms with van der Waals surface area (Å²) in [6.07, 6.45) is -4.17. The van der Waals surface area contributed by atoms with E-state index in [1.807, 2.05) is 0 Å². The fourth-order valence-electron chi connectivity index (χ4n) is 4.05. The summed E-state index contributed by atoms with van der Waals surface area (Å²) in [5, 5.41) is 19.0. The number of oxazole rings is 1. The summed E-state index contributed by atoms with van der Waals surface area (Å²) in [6, 6.07) is -0.0399. The summed E-state index contributed by atoms with van der Waals surface area (Å²) in [5.74, 6) is 0.123. The van der Waals surface area contributed by atoms with Crippen molar-refractivity contribution < 1.29 is 32.3 Å². The number of carbonyl (C=O) groups excluding carboxylic acids is 1. The van der Waals surface area contributed by atoms with Crippen LogP contribution in [0.4, 0.5) is 23.8 Å². The number of halogens is 3. The Morgan fingerprint density at radius 1 is 1.42 bits per heavy atom. The Morgan fingerprint density at radius 2 is 2.16 bits per heavy atom. The van der Waals surface area contributed by atoms with Crippen molar-refractivity contribution in [3.8, 4) is 0 Å². The van der Waals surface area contributed by atoms with Crippen LogP contribution in [0, 0.1) is 6.92 Å². The molecule has 3 N–H and O–H groups in total. The molecule has 3 rings (SSSR count). The highest BCUT2D eigenvalue weighted by Crippen LogP contribution is 2.38. The van der Waals surface area contributed by atoms with Crippen molar-refractivity contribution in [3.05, 3.63) is 29.6 Å². The summed E-state index contributed by atoms with van der Waals surface area (Å²) in [7, 11) is 0. The van der Waals surface area contributed by atoms with Gasteiger partial charge in [0, 0.05) is 29.8 Å². The number of rotatable bonds is 7. The predicted molar refractivity (Wildman–Crippen MR) is 103 cm³/mol. The molecule has 0 radical (unpaired) electrons. The summed E-state index contributed by atoms with van der Waals surface area (Å²) in [4.78, 5) is 28.7. The van der Waals surface area contributed by atoms with Gasteiger partial charge in [0.2, 0.25) is 11.8 Å². The van der Waals surface area contributed by atoms with Crippen LogP contribution in [0.25, 0.3) is 0 Å². The van der Waals surface area contributed by atoms with Crippen LogP contribution in [0.5, 0.6) is 0 Å². The number of aromatic nitrogens is 3. The van der Waals surface area contributed by atoms with Crippen LogP contribution in [0.1, 0.15) is 55.8 Å². The van der Waals surface area contributed by atoms with Gasteiger partial charge in [-0.05, 0) is 33.1 Å². The third kappa shape index (κ3) is 5.98. The zero-order valence-electron chi connectivity index (χ0n) is 17.1. The smallest absolute Gasteiger partial charge is 0.407 e. The van der Waals surface area contributed by atoms with E-state index in [-0.39, 0.29) is 24.1 Å².